The molecule has 2 unspecified atom stereocenters. The summed E-state index contributed by atoms with van der Waals surface area (Å²) in [5, 5.41) is 0. The molecule has 0 radical (unpaired) electrons. The van der Waals surface area contributed by atoms with E-state index >= 15 is 0 Å². The maximum atomic E-state index is 12.6. The number of rotatable bonds is 2. The molecule has 0 aliphatic carbocycles. The van der Waals surface area contributed by atoms with E-state index in [0.717, 1.165) is 13.0 Å². The average molecular weight is 279 g/mol. The van der Waals surface area contributed by atoms with Crippen molar-refractivity contribution in [2.75, 3.05) is 13.2 Å². The van der Waals surface area contributed by atoms with Gasteiger partial charge in [0, 0.05) is 6.54 Å². The summed E-state index contributed by atoms with van der Waals surface area (Å²) in [6.07, 6.45) is 0.694. The summed E-state index contributed by atoms with van der Waals surface area (Å²) < 4.78 is 5.20. The van der Waals surface area contributed by atoms with Gasteiger partial charge in [0.1, 0.15) is 0 Å². The zero-order valence-corrected chi connectivity index (χ0v) is 11.7. The lowest BCUT2D eigenvalue weighted by molar-refractivity contribution is -0.134. The number of amides is 1. The van der Waals surface area contributed by atoms with E-state index in [1.807, 2.05) is 23.1 Å². The second-order valence-corrected chi connectivity index (χ2v) is 5.62. The molecule has 0 spiro atoms. The van der Waals surface area contributed by atoms with Gasteiger partial charge in [0.2, 0.25) is 0 Å². The third-order valence-corrected chi connectivity index (χ3v) is 4.29. The SMILES string of the molecule is O=C(C1CO1)N1CCc2ccccc2C1c1ccccc1. The fourth-order valence-corrected chi connectivity index (χ4v) is 3.17. The molecule has 1 saturated heterocycles. The predicted octanol–water partition coefficient (Wildman–Crippen LogP) is 2.56. The Morgan fingerprint density at radius 1 is 1.05 bits per heavy atom. The van der Waals surface area contributed by atoms with Gasteiger partial charge in [-0.05, 0) is 23.1 Å². The van der Waals surface area contributed by atoms with Crippen LogP contribution in [0.15, 0.2) is 54.6 Å². The van der Waals surface area contributed by atoms with Crippen molar-refractivity contribution < 1.29 is 9.53 Å². The van der Waals surface area contributed by atoms with Crippen LogP contribution in [0.25, 0.3) is 0 Å². The molecule has 2 heterocycles. The van der Waals surface area contributed by atoms with Crippen molar-refractivity contribution in [3.05, 3.63) is 71.3 Å². The molecule has 2 aromatic rings. The molecule has 0 aromatic heterocycles. The number of epoxide rings is 1. The summed E-state index contributed by atoms with van der Waals surface area (Å²) in [5.41, 5.74) is 3.75. The average Bonchev–Trinajstić information content (AvgIpc) is 3.39. The molecule has 0 saturated carbocycles. The van der Waals surface area contributed by atoms with Gasteiger partial charge in [0.15, 0.2) is 6.10 Å². The molecule has 2 aliphatic heterocycles. The number of carbonyl (C=O) groups excluding carboxylic acids is 1. The summed E-state index contributed by atoms with van der Waals surface area (Å²) in [6, 6.07) is 18.7. The molecule has 4 rings (SSSR count). The van der Waals surface area contributed by atoms with Gasteiger partial charge in [-0.15, -0.1) is 0 Å². The lowest BCUT2D eigenvalue weighted by Gasteiger charge is -2.37. The number of hydrogen-bond donors (Lipinski definition) is 0. The van der Waals surface area contributed by atoms with Gasteiger partial charge in [0.05, 0.1) is 12.6 Å². The Morgan fingerprint density at radius 3 is 2.52 bits per heavy atom. The minimum Gasteiger partial charge on any atom is -0.363 e. The summed E-state index contributed by atoms with van der Waals surface area (Å²) in [7, 11) is 0. The van der Waals surface area contributed by atoms with Gasteiger partial charge in [-0.3, -0.25) is 4.79 Å². The molecule has 2 atom stereocenters. The molecular weight excluding hydrogens is 262 g/mol. The quantitative estimate of drug-likeness (QED) is 0.792. The summed E-state index contributed by atoms with van der Waals surface area (Å²) in [6.45, 7) is 1.33. The van der Waals surface area contributed by atoms with E-state index in [4.69, 9.17) is 4.74 Å². The monoisotopic (exact) mass is 279 g/mol. The highest BCUT2D eigenvalue weighted by Gasteiger charge is 2.40. The van der Waals surface area contributed by atoms with E-state index < -0.39 is 0 Å². The second kappa shape index (κ2) is 5.01. The van der Waals surface area contributed by atoms with E-state index in [2.05, 4.69) is 36.4 Å². The molecule has 106 valence electrons. The van der Waals surface area contributed by atoms with Crippen LogP contribution in [0.1, 0.15) is 22.7 Å². The van der Waals surface area contributed by atoms with Crippen LogP contribution in [0.4, 0.5) is 0 Å². The highest BCUT2D eigenvalue weighted by molar-refractivity contribution is 5.84. The Labute approximate surface area is 124 Å². The summed E-state index contributed by atoms with van der Waals surface area (Å²) in [5.74, 6) is 0.123. The number of nitrogens with zero attached hydrogens (tertiary/aromatic N) is 1. The van der Waals surface area contributed by atoms with Crippen LogP contribution >= 0.6 is 0 Å². The van der Waals surface area contributed by atoms with Crippen LogP contribution in [0.3, 0.4) is 0 Å². The zero-order valence-electron chi connectivity index (χ0n) is 11.7. The van der Waals surface area contributed by atoms with Crippen molar-refractivity contribution in [2.45, 2.75) is 18.6 Å². The van der Waals surface area contributed by atoms with Crippen molar-refractivity contribution in [3.8, 4) is 0 Å². The lowest BCUT2D eigenvalue weighted by atomic mass is 9.88. The number of hydrogen-bond acceptors (Lipinski definition) is 2. The van der Waals surface area contributed by atoms with E-state index in [-0.39, 0.29) is 18.1 Å². The molecule has 1 fully saturated rings. The van der Waals surface area contributed by atoms with Crippen LogP contribution in [0.5, 0.6) is 0 Å². The van der Waals surface area contributed by atoms with Gasteiger partial charge in [-0.2, -0.15) is 0 Å². The lowest BCUT2D eigenvalue weighted by Crippen LogP contribution is -2.42. The van der Waals surface area contributed by atoms with E-state index in [1.54, 1.807) is 0 Å². The maximum Gasteiger partial charge on any atom is 0.254 e. The third-order valence-electron chi connectivity index (χ3n) is 4.29. The first-order chi connectivity index (χ1) is 10.3. The summed E-state index contributed by atoms with van der Waals surface area (Å²) >= 11 is 0. The molecule has 21 heavy (non-hydrogen) atoms. The number of carbonyl (C=O) groups is 1. The molecule has 0 bridgehead atoms. The molecule has 3 nitrogen and oxygen atoms in total. The normalized spacial score (nSPS) is 23.5. The molecule has 1 amide bonds. The van der Waals surface area contributed by atoms with Crippen LogP contribution in [0, 0.1) is 0 Å². The highest BCUT2D eigenvalue weighted by atomic mass is 16.6. The standard InChI is InChI=1S/C18H17NO2/c20-18(16-12-21-16)19-11-10-13-6-4-5-9-15(13)17(19)14-7-2-1-3-8-14/h1-9,16-17H,10-12H2. The zero-order chi connectivity index (χ0) is 14.2. The first-order valence-corrected chi connectivity index (χ1v) is 7.39. The molecule has 3 heteroatoms. The Balaban J connectivity index is 1.80. The number of benzene rings is 2. The van der Waals surface area contributed by atoms with Crippen molar-refractivity contribution in [1.29, 1.82) is 0 Å². The van der Waals surface area contributed by atoms with Crippen LogP contribution in [0.2, 0.25) is 0 Å². The predicted molar refractivity (Wildman–Crippen MR) is 79.9 cm³/mol. The van der Waals surface area contributed by atoms with Gasteiger partial charge in [-0.25, -0.2) is 0 Å². The van der Waals surface area contributed by atoms with Gasteiger partial charge >= 0.3 is 0 Å². The van der Waals surface area contributed by atoms with Crippen molar-refractivity contribution in [2.24, 2.45) is 0 Å². The summed E-state index contributed by atoms with van der Waals surface area (Å²) in [4.78, 5) is 14.5. The first kappa shape index (κ1) is 12.6. The molecule has 2 aromatic carbocycles. The Morgan fingerprint density at radius 2 is 1.76 bits per heavy atom. The second-order valence-electron chi connectivity index (χ2n) is 5.62. The van der Waals surface area contributed by atoms with Gasteiger partial charge in [0.25, 0.3) is 5.91 Å². The molecule has 0 N–H and O–H groups in total. The van der Waals surface area contributed by atoms with Gasteiger partial charge in [-0.1, -0.05) is 54.6 Å². The van der Waals surface area contributed by atoms with Gasteiger partial charge < -0.3 is 9.64 Å². The minimum absolute atomic E-state index is 0.00727. The van der Waals surface area contributed by atoms with E-state index in [0.29, 0.717) is 6.61 Å². The highest BCUT2D eigenvalue weighted by Crippen LogP contribution is 2.36. The molecule has 2 aliphatic rings. The van der Waals surface area contributed by atoms with Crippen molar-refractivity contribution >= 4 is 5.91 Å². The Kier molecular flexibility index (Phi) is 3.00. The smallest absolute Gasteiger partial charge is 0.254 e. The third kappa shape index (κ3) is 2.24. The van der Waals surface area contributed by atoms with Crippen molar-refractivity contribution in [1.82, 2.24) is 4.90 Å². The van der Waals surface area contributed by atoms with Crippen molar-refractivity contribution in [3.63, 3.8) is 0 Å². The molecular formula is C18H17NO2. The Bertz CT molecular complexity index is 664. The number of fused-ring (bicyclic) bond motifs is 1. The topological polar surface area (TPSA) is 32.8 Å². The fourth-order valence-electron chi connectivity index (χ4n) is 3.17. The number of ether oxygens (including phenoxy) is 1. The Hall–Kier alpha value is -2.13. The fraction of sp³-hybridized carbons (Fsp3) is 0.278. The van der Waals surface area contributed by atoms with Crippen LogP contribution in [-0.2, 0) is 16.0 Å². The van der Waals surface area contributed by atoms with E-state index in [1.165, 1.54) is 16.7 Å². The first-order valence-electron chi connectivity index (χ1n) is 7.39. The van der Waals surface area contributed by atoms with Crippen LogP contribution in [-0.4, -0.2) is 30.1 Å². The van der Waals surface area contributed by atoms with E-state index in [9.17, 15) is 4.79 Å². The maximum absolute atomic E-state index is 12.6. The van der Waals surface area contributed by atoms with Crippen LogP contribution < -0.4 is 0 Å². The largest absolute Gasteiger partial charge is 0.363 e. The minimum atomic E-state index is -0.221.